The van der Waals surface area contributed by atoms with Crippen LogP contribution in [0.3, 0.4) is 0 Å². The van der Waals surface area contributed by atoms with Crippen molar-refractivity contribution in [1.29, 1.82) is 0 Å². The fourth-order valence-electron chi connectivity index (χ4n) is 4.09. The maximum atomic E-state index is 12.3. The Morgan fingerprint density at radius 3 is 2.19 bits per heavy atom. The third-order valence-electron chi connectivity index (χ3n) is 5.68. The third-order valence-corrected chi connectivity index (χ3v) is 5.68. The standard InChI is InChI=1S/C22H20O4/c1-2-14-11-22(14,21(24)25)12-20(23)26-13-19-17-9-5-3-7-15(17)16-8-4-6-10-18(16)19/h2-10,14,19H,1,11-13H2,(H,24,25)/t14-,22-/m1/s1. The lowest BCUT2D eigenvalue weighted by Gasteiger charge is -2.16. The van der Waals surface area contributed by atoms with Crippen molar-refractivity contribution >= 4 is 11.9 Å². The highest BCUT2D eigenvalue weighted by Gasteiger charge is 2.60. The van der Waals surface area contributed by atoms with Gasteiger partial charge in [-0.3, -0.25) is 9.59 Å². The Hall–Kier alpha value is -2.88. The average Bonchev–Trinajstić information content (AvgIpc) is 3.28. The molecule has 4 heteroatoms. The van der Waals surface area contributed by atoms with Crippen LogP contribution in [0.1, 0.15) is 29.9 Å². The molecule has 26 heavy (non-hydrogen) atoms. The molecule has 0 spiro atoms. The summed E-state index contributed by atoms with van der Waals surface area (Å²) in [6.07, 6.45) is 1.97. The van der Waals surface area contributed by atoms with E-state index in [1.807, 2.05) is 24.3 Å². The van der Waals surface area contributed by atoms with Gasteiger partial charge in [-0.25, -0.2) is 0 Å². The van der Waals surface area contributed by atoms with E-state index in [0.29, 0.717) is 6.42 Å². The fourth-order valence-corrected chi connectivity index (χ4v) is 4.09. The Kier molecular flexibility index (Phi) is 3.91. The summed E-state index contributed by atoms with van der Waals surface area (Å²) in [5.41, 5.74) is 3.60. The van der Waals surface area contributed by atoms with Gasteiger partial charge < -0.3 is 9.84 Å². The number of rotatable bonds is 6. The zero-order valence-corrected chi connectivity index (χ0v) is 14.4. The molecule has 1 N–H and O–H groups in total. The molecule has 0 bridgehead atoms. The minimum atomic E-state index is -1.02. The first-order valence-electron chi connectivity index (χ1n) is 8.76. The fraction of sp³-hybridized carbons (Fsp3) is 0.273. The van der Waals surface area contributed by atoms with Crippen molar-refractivity contribution in [3.63, 3.8) is 0 Å². The van der Waals surface area contributed by atoms with Crippen LogP contribution >= 0.6 is 0 Å². The van der Waals surface area contributed by atoms with Crippen LogP contribution in [-0.4, -0.2) is 23.7 Å². The number of allylic oxidation sites excluding steroid dienone is 1. The number of carboxylic acid groups (broad SMARTS) is 1. The summed E-state index contributed by atoms with van der Waals surface area (Å²) >= 11 is 0. The van der Waals surface area contributed by atoms with Gasteiger partial charge in [0.1, 0.15) is 6.61 Å². The van der Waals surface area contributed by atoms with Gasteiger partial charge in [-0.1, -0.05) is 54.6 Å². The predicted molar refractivity (Wildman–Crippen MR) is 97.7 cm³/mol. The van der Waals surface area contributed by atoms with Crippen molar-refractivity contribution in [3.05, 3.63) is 72.3 Å². The number of hydrogen-bond donors (Lipinski definition) is 1. The number of ether oxygens (including phenoxy) is 1. The van der Waals surface area contributed by atoms with Gasteiger partial charge in [0.15, 0.2) is 0 Å². The zero-order chi connectivity index (χ0) is 18.3. The molecule has 4 nitrogen and oxygen atoms in total. The van der Waals surface area contributed by atoms with Crippen molar-refractivity contribution in [2.45, 2.75) is 18.8 Å². The Labute approximate surface area is 152 Å². The highest BCUT2D eigenvalue weighted by Crippen LogP contribution is 2.56. The number of hydrogen-bond acceptors (Lipinski definition) is 3. The molecule has 2 aliphatic rings. The molecule has 0 radical (unpaired) electrons. The van der Waals surface area contributed by atoms with Crippen LogP contribution in [0.5, 0.6) is 0 Å². The van der Waals surface area contributed by atoms with Crippen LogP contribution < -0.4 is 0 Å². The van der Waals surface area contributed by atoms with E-state index in [1.54, 1.807) is 6.08 Å². The highest BCUT2D eigenvalue weighted by molar-refractivity contribution is 5.86. The normalized spacial score (nSPS) is 23.0. The molecular weight excluding hydrogens is 328 g/mol. The molecule has 2 atom stereocenters. The lowest BCUT2D eigenvalue weighted by Crippen LogP contribution is -2.23. The van der Waals surface area contributed by atoms with Crippen LogP contribution in [0.4, 0.5) is 0 Å². The molecule has 0 aromatic heterocycles. The van der Waals surface area contributed by atoms with Crippen LogP contribution in [-0.2, 0) is 14.3 Å². The third kappa shape index (κ3) is 2.53. The van der Waals surface area contributed by atoms with E-state index < -0.39 is 17.4 Å². The molecule has 2 aromatic carbocycles. The van der Waals surface area contributed by atoms with Gasteiger partial charge in [-0.2, -0.15) is 0 Å². The maximum Gasteiger partial charge on any atom is 0.310 e. The second-order valence-electron chi connectivity index (χ2n) is 7.09. The number of carbonyl (C=O) groups excluding carboxylic acids is 1. The molecule has 0 heterocycles. The predicted octanol–water partition coefficient (Wildman–Crippen LogP) is 4.01. The molecule has 2 aliphatic carbocycles. The number of benzene rings is 2. The van der Waals surface area contributed by atoms with Crippen molar-refractivity contribution < 1.29 is 19.4 Å². The van der Waals surface area contributed by atoms with Gasteiger partial charge in [0.2, 0.25) is 0 Å². The van der Waals surface area contributed by atoms with Crippen molar-refractivity contribution in [2.24, 2.45) is 11.3 Å². The summed E-state index contributed by atoms with van der Waals surface area (Å²) in [5.74, 6) is -1.57. The van der Waals surface area contributed by atoms with E-state index in [1.165, 1.54) is 11.1 Å². The smallest absolute Gasteiger partial charge is 0.310 e. The summed E-state index contributed by atoms with van der Waals surface area (Å²) in [6.45, 7) is 3.87. The van der Waals surface area contributed by atoms with Crippen LogP contribution in [0, 0.1) is 11.3 Å². The lowest BCUT2D eigenvalue weighted by atomic mass is 9.97. The first kappa shape index (κ1) is 16.6. The summed E-state index contributed by atoms with van der Waals surface area (Å²) in [4.78, 5) is 23.8. The summed E-state index contributed by atoms with van der Waals surface area (Å²) in [7, 11) is 0. The van der Waals surface area contributed by atoms with Crippen LogP contribution in [0.2, 0.25) is 0 Å². The van der Waals surface area contributed by atoms with Gasteiger partial charge in [0, 0.05) is 5.92 Å². The van der Waals surface area contributed by atoms with E-state index in [2.05, 4.69) is 30.8 Å². The number of carbonyl (C=O) groups is 2. The van der Waals surface area contributed by atoms with Crippen molar-refractivity contribution in [1.82, 2.24) is 0 Å². The topological polar surface area (TPSA) is 63.6 Å². The molecular formula is C22H20O4. The number of aliphatic carboxylic acids is 1. The van der Waals surface area contributed by atoms with E-state index in [0.717, 1.165) is 11.1 Å². The van der Waals surface area contributed by atoms with Crippen LogP contribution in [0.15, 0.2) is 61.2 Å². The molecule has 0 aliphatic heterocycles. The summed E-state index contributed by atoms with van der Waals surface area (Å²) < 4.78 is 5.52. The Balaban J connectivity index is 1.49. The minimum absolute atomic E-state index is 0.0125. The first-order valence-corrected chi connectivity index (χ1v) is 8.76. The SMILES string of the molecule is C=C[C@@H]1C[C@]1(CC(=O)OCC1c2ccccc2-c2ccccc21)C(=O)O. The number of esters is 1. The molecule has 0 saturated heterocycles. The van der Waals surface area contributed by atoms with E-state index in [-0.39, 0.29) is 24.9 Å². The van der Waals surface area contributed by atoms with E-state index in [4.69, 9.17) is 4.74 Å². The average molecular weight is 348 g/mol. The summed E-state index contributed by atoms with van der Waals surface area (Å²) in [5, 5.41) is 9.44. The molecule has 1 fully saturated rings. The molecule has 0 amide bonds. The molecule has 4 rings (SSSR count). The molecule has 0 unspecified atom stereocenters. The van der Waals surface area contributed by atoms with Gasteiger partial charge in [0.05, 0.1) is 11.8 Å². The number of carboxylic acids is 1. The Morgan fingerprint density at radius 2 is 1.69 bits per heavy atom. The maximum absolute atomic E-state index is 12.3. The van der Waals surface area contributed by atoms with Crippen molar-refractivity contribution in [3.8, 4) is 11.1 Å². The summed E-state index contributed by atoms with van der Waals surface area (Å²) in [6, 6.07) is 16.2. The second-order valence-corrected chi connectivity index (χ2v) is 7.09. The van der Waals surface area contributed by atoms with E-state index >= 15 is 0 Å². The Bertz CT molecular complexity index is 855. The van der Waals surface area contributed by atoms with Crippen LogP contribution in [0.25, 0.3) is 11.1 Å². The second kappa shape index (κ2) is 6.13. The van der Waals surface area contributed by atoms with Gasteiger partial charge >= 0.3 is 11.9 Å². The monoisotopic (exact) mass is 348 g/mol. The van der Waals surface area contributed by atoms with Crippen molar-refractivity contribution in [2.75, 3.05) is 6.61 Å². The highest BCUT2D eigenvalue weighted by atomic mass is 16.5. The van der Waals surface area contributed by atoms with Gasteiger partial charge in [-0.05, 0) is 34.6 Å². The molecule has 132 valence electrons. The van der Waals surface area contributed by atoms with E-state index in [9.17, 15) is 14.7 Å². The zero-order valence-electron chi connectivity index (χ0n) is 14.4. The number of fused-ring (bicyclic) bond motifs is 3. The molecule has 2 aromatic rings. The minimum Gasteiger partial charge on any atom is -0.481 e. The van der Waals surface area contributed by atoms with Gasteiger partial charge in [0.25, 0.3) is 0 Å². The Morgan fingerprint density at radius 1 is 1.12 bits per heavy atom. The van der Waals surface area contributed by atoms with Gasteiger partial charge in [-0.15, -0.1) is 6.58 Å². The largest absolute Gasteiger partial charge is 0.481 e. The lowest BCUT2D eigenvalue weighted by molar-refractivity contribution is -0.153. The molecule has 1 saturated carbocycles. The first-order chi connectivity index (χ1) is 12.6. The quantitative estimate of drug-likeness (QED) is 0.633.